The average molecular weight is 280 g/mol. The van der Waals surface area contributed by atoms with E-state index in [-0.39, 0.29) is 0 Å². The van der Waals surface area contributed by atoms with Gasteiger partial charge in [-0.15, -0.1) is 0 Å². The summed E-state index contributed by atoms with van der Waals surface area (Å²) in [5.74, 6) is 2.90. The Morgan fingerprint density at radius 3 is 1.95 bits per heavy atom. The molecule has 0 bridgehead atoms. The molecule has 20 heavy (non-hydrogen) atoms. The Labute approximate surface area is 127 Å². The van der Waals surface area contributed by atoms with E-state index < -0.39 is 0 Å². The fourth-order valence-electron chi connectivity index (χ4n) is 4.69. The third-order valence-electron chi connectivity index (χ3n) is 6.04. The van der Waals surface area contributed by atoms with Gasteiger partial charge in [0.2, 0.25) is 0 Å². The second kappa shape index (κ2) is 7.29. The van der Waals surface area contributed by atoms with Gasteiger partial charge in [-0.05, 0) is 74.7 Å². The van der Waals surface area contributed by atoms with Crippen molar-refractivity contribution in [1.82, 2.24) is 5.32 Å². The molecule has 1 atom stereocenters. The van der Waals surface area contributed by atoms with Gasteiger partial charge in [-0.2, -0.15) is 0 Å². The highest BCUT2D eigenvalue weighted by Crippen LogP contribution is 2.43. The van der Waals surface area contributed by atoms with Gasteiger partial charge in [0.15, 0.2) is 0 Å². The summed E-state index contributed by atoms with van der Waals surface area (Å²) >= 11 is 0. The van der Waals surface area contributed by atoms with Gasteiger partial charge in [-0.1, -0.05) is 40.5 Å². The van der Waals surface area contributed by atoms with Gasteiger partial charge < -0.3 is 5.32 Å². The van der Waals surface area contributed by atoms with E-state index in [2.05, 4.69) is 33.0 Å². The zero-order valence-electron chi connectivity index (χ0n) is 14.4. The van der Waals surface area contributed by atoms with E-state index in [1.54, 1.807) is 0 Å². The van der Waals surface area contributed by atoms with Crippen LogP contribution in [0.4, 0.5) is 0 Å². The normalized spacial score (nSPS) is 30.6. The fraction of sp³-hybridized carbons (Fsp3) is 1.00. The van der Waals surface area contributed by atoms with E-state index in [9.17, 15) is 0 Å². The largest absolute Gasteiger partial charge is 0.313 e. The highest BCUT2D eigenvalue weighted by Gasteiger charge is 2.36. The minimum absolute atomic E-state index is 0.519. The van der Waals surface area contributed by atoms with E-state index >= 15 is 0 Å². The molecular formula is C19H37N. The standard InChI is InChI=1S/C19H37N/c1-5-14-20-18(15-8-6-7-9-15)16-10-12-17(13-11-16)19(2,3)4/h15-18,20H,5-14H2,1-4H3. The molecule has 1 nitrogen and oxygen atoms in total. The lowest BCUT2D eigenvalue weighted by atomic mass is 9.67. The van der Waals surface area contributed by atoms with Crippen molar-refractivity contribution in [2.24, 2.45) is 23.2 Å². The summed E-state index contributed by atoms with van der Waals surface area (Å²) in [5, 5.41) is 3.93. The van der Waals surface area contributed by atoms with Crippen molar-refractivity contribution < 1.29 is 0 Å². The minimum atomic E-state index is 0.519. The van der Waals surface area contributed by atoms with Crippen LogP contribution < -0.4 is 5.32 Å². The van der Waals surface area contributed by atoms with Crippen LogP contribution in [0.15, 0.2) is 0 Å². The molecule has 2 saturated carbocycles. The van der Waals surface area contributed by atoms with Crippen molar-refractivity contribution in [2.45, 2.75) is 91.5 Å². The predicted molar refractivity (Wildman–Crippen MR) is 88.9 cm³/mol. The monoisotopic (exact) mass is 279 g/mol. The number of hydrogen-bond donors (Lipinski definition) is 1. The molecule has 1 heteroatoms. The smallest absolute Gasteiger partial charge is 0.0124 e. The first-order valence-corrected chi connectivity index (χ1v) is 9.25. The molecule has 0 aromatic heterocycles. The topological polar surface area (TPSA) is 12.0 Å². The van der Waals surface area contributed by atoms with Crippen LogP contribution >= 0.6 is 0 Å². The lowest BCUT2D eigenvalue weighted by Crippen LogP contribution is -2.44. The van der Waals surface area contributed by atoms with Gasteiger partial charge in [0.05, 0.1) is 0 Å². The van der Waals surface area contributed by atoms with Crippen LogP contribution in [0.5, 0.6) is 0 Å². The first-order valence-electron chi connectivity index (χ1n) is 9.25. The summed E-state index contributed by atoms with van der Waals surface area (Å²) in [7, 11) is 0. The minimum Gasteiger partial charge on any atom is -0.313 e. The molecule has 0 heterocycles. The lowest BCUT2D eigenvalue weighted by Gasteiger charge is -2.41. The summed E-state index contributed by atoms with van der Waals surface area (Å²) in [6.45, 7) is 10.8. The number of rotatable bonds is 5. The third-order valence-corrected chi connectivity index (χ3v) is 6.04. The van der Waals surface area contributed by atoms with Crippen LogP contribution in [-0.2, 0) is 0 Å². The molecule has 2 aliphatic carbocycles. The Morgan fingerprint density at radius 1 is 0.900 bits per heavy atom. The molecule has 0 aromatic carbocycles. The van der Waals surface area contributed by atoms with Crippen molar-refractivity contribution >= 4 is 0 Å². The summed E-state index contributed by atoms with van der Waals surface area (Å²) in [6, 6.07) is 0.832. The summed E-state index contributed by atoms with van der Waals surface area (Å²) in [5.41, 5.74) is 0.519. The van der Waals surface area contributed by atoms with E-state index in [0.29, 0.717) is 5.41 Å². The van der Waals surface area contributed by atoms with Gasteiger partial charge in [-0.25, -0.2) is 0 Å². The van der Waals surface area contributed by atoms with Crippen LogP contribution in [0.2, 0.25) is 0 Å². The first kappa shape index (κ1) is 16.3. The predicted octanol–water partition coefficient (Wildman–Crippen LogP) is 5.40. The van der Waals surface area contributed by atoms with Crippen molar-refractivity contribution in [2.75, 3.05) is 6.54 Å². The second-order valence-electron chi connectivity index (χ2n) is 8.50. The second-order valence-corrected chi connectivity index (χ2v) is 8.50. The van der Waals surface area contributed by atoms with Gasteiger partial charge in [0, 0.05) is 6.04 Å². The Kier molecular flexibility index (Phi) is 5.95. The molecule has 2 aliphatic rings. The lowest BCUT2D eigenvalue weighted by molar-refractivity contribution is 0.117. The molecule has 1 unspecified atom stereocenters. The summed E-state index contributed by atoms with van der Waals surface area (Å²) in [6.07, 6.45) is 13.1. The van der Waals surface area contributed by atoms with Crippen molar-refractivity contribution in [3.63, 3.8) is 0 Å². The van der Waals surface area contributed by atoms with E-state index in [1.165, 1.54) is 64.3 Å². The van der Waals surface area contributed by atoms with Crippen molar-refractivity contribution in [3.8, 4) is 0 Å². The molecule has 0 radical (unpaired) electrons. The molecule has 0 aliphatic heterocycles. The molecule has 0 amide bonds. The number of nitrogens with one attached hydrogen (secondary N) is 1. The zero-order valence-corrected chi connectivity index (χ0v) is 14.4. The molecule has 0 saturated heterocycles. The van der Waals surface area contributed by atoms with E-state index in [0.717, 1.165) is 23.8 Å². The Bertz CT molecular complexity index is 264. The van der Waals surface area contributed by atoms with E-state index in [1.807, 2.05) is 0 Å². The Balaban J connectivity index is 1.90. The average Bonchev–Trinajstić information content (AvgIpc) is 2.93. The molecule has 1 N–H and O–H groups in total. The molecule has 0 aromatic rings. The zero-order chi connectivity index (χ0) is 14.6. The van der Waals surface area contributed by atoms with Crippen molar-refractivity contribution in [3.05, 3.63) is 0 Å². The summed E-state index contributed by atoms with van der Waals surface area (Å²) in [4.78, 5) is 0. The van der Waals surface area contributed by atoms with Gasteiger partial charge >= 0.3 is 0 Å². The van der Waals surface area contributed by atoms with Crippen molar-refractivity contribution in [1.29, 1.82) is 0 Å². The highest BCUT2D eigenvalue weighted by atomic mass is 14.9. The Hall–Kier alpha value is -0.0400. The number of hydrogen-bond acceptors (Lipinski definition) is 1. The van der Waals surface area contributed by atoms with E-state index in [4.69, 9.17) is 0 Å². The van der Waals surface area contributed by atoms with Gasteiger partial charge in [0.25, 0.3) is 0 Å². The molecular weight excluding hydrogens is 242 g/mol. The highest BCUT2D eigenvalue weighted by molar-refractivity contribution is 4.90. The fourth-order valence-corrected chi connectivity index (χ4v) is 4.69. The maximum absolute atomic E-state index is 3.93. The SMILES string of the molecule is CCCNC(C1CCCC1)C1CCC(C(C)(C)C)CC1. The quantitative estimate of drug-likeness (QED) is 0.710. The maximum Gasteiger partial charge on any atom is 0.0124 e. The van der Waals surface area contributed by atoms with Crippen LogP contribution in [0.3, 0.4) is 0 Å². The van der Waals surface area contributed by atoms with Gasteiger partial charge in [-0.3, -0.25) is 0 Å². The maximum atomic E-state index is 3.93. The van der Waals surface area contributed by atoms with Crippen LogP contribution in [0, 0.1) is 23.2 Å². The Morgan fingerprint density at radius 2 is 1.45 bits per heavy atom. The third kappa shape index (κ3) is 4.23. The molecule has 118 valence electrons. The summed E-state index contributed by atoms with van der Waals surface area (Å²) < 4.78 is 0. The molecule has 0 spiro atoms. The first-order chi connectivity index (χ1) is 9.52. The van der Waals surface area contributed by atoms with Crippen LogP contribution in [-0.4, -0.2) is 12.6 Å². The van der Waals surface area contributed by atoms with Gasteiger partial charge in [0.1, 0.15) is 0 Å². The van der Waals surface area contributed by atoms with Crippen LogP contribution in [0.25, 0.3) is 0 Å². The molecule has 2 rings (SSSR count). The molecule has 2 fully saturated rings. The van der Waals surface area contributed by atoms with Crippen LogP contribution in [0.1, 0.15) is 85.5 Å².